The molecule has 0 aliphatic carbocycles. The fourth-order valence-corrected chi connectivity index (χ4v) is 3.94. The molecule has 0 atom stereocenters. The van der Waals surface area contributed by atoms with Crippen LogP contribution in [0.3, 0.4) is 0 Å². The third kappa shape index (κ3) is 5.28. The predicted octanol–water partition coefficient (Wildman–Crippen LogP) is 5.81. The Morgan fingerprint density at radius 2 is 1.56 bits per heavy atom. The molecule has 0 radical (unpaired) electrons. The first kappa shape index (κ1) is 21.5. The second-order valence-electron chi connectivity index (χ2n) is 7.33. The van der Waals surface area contributed by atoms with Crippen LogP contribution >= 0.6 is 11.3 Å². The van der Waals surface area contributed by atoms with Crippen LogP contribution in [0.15, 0.2) is 83.7 Å². The van der Waals surface area contributed by atoms with Gasteiger partial charge in [0.25, 0.3) is 5.91 Å². The van der Waals surface area contributed by atoms with Gasteiger partial charge >= 0.3 is 0 Å². The monoisotopic (exact) mass is 441 g/mol. The Bertz CT molecular complexity index is 1200. The van der Waals surface area contributed by atoms with Crippen LogP contribution in [0.25, 0.3) is 11.1 Å². The van der Waals surface area contributed by atoms with Gasteiger partial charge in [0.1, 0.15) is 0 Å². The number of anilines is 2. The van der Waals surface area contributed by atoms with Crippen LogP contribution in [0.1, 0.15) is 28.5 Å². The van der Waals surface area contributed by atoms with Gasteiger partial charge in [0.2, 0.25) is 5.91 Å². The number of rotatable bonds is 7. The van der Waals surface area contributed by atoms with Crippen molar-refractivity contribution in [2.75, 3.05) is 10.6 Å². The summed E-state index contributed by atoms with van der Waals surface area (Å²) < 4.78 is 0. The van der Waals surface area contributed by atoms with Crippen molar-refractivity contribution in [2.24, 2.45) is 0 Å². The van der Waals surface area contributed by atoms with Crippen molar-refractivity contribution < 1.29 is 9.59 Å². The van der Waals surface area contributed by atoms with E-state index in [1.165, 1.54) is 16.9 Å². The number of carbonyl (C=O) groups is 2. The smallest absolute Gasteiger partial charge is 0.256 e. The van der Waals surface area contributed by atoms with E-state index in [-0.39, 0.29) is 18.2 Å². The number of benzene rings is 3. The van der Waals surface area contributed by atoms with Crippen molar-refractivity contribution in [3.8, 4) is 11.1 Å². The van der Waals surface area contributed by atoms with Crippen LogP contribution in [-0.4, -0.2) is 16.8 Å². The van der Waals surface area contributed by atoms with E-state index in [4.69, 9.17) is 0 Å². The fourth-order valence-electron chi connectivity index (χ4n) is 3.38. The van der Waals surface area contributed by atoms with Gasteiger partial charge < -0.3 is 10.6 Å². The van der Waals surface area contributed by atoms with Crippen LogP contribution in [-0.2, 0) is 17.6 Å². The van der Waals surface area contributed by atoms with Crippen molar-refractivity contribution in [2.45, 2.75) is 19.8 Å². The molecule has 2 N–H and O–H groups in total. The van der Waals surface area contributed by atoms with Crippen LogP contribution in [0, 0.1) is 0 Å². The van der Waals surface area contributed by atoms with Crippen molar-refractivity contribution in [3.63, 3.8) is 0 Å². The van der Waals surface area contributed by atoms with E-state index >= 15 is 0 Å². The van der Waals surface area contributed by atoms with Gasteiger partial charge in [-0.15, -0.1) is 11.3 Å². The van der Waals surface area contributed by atoms with E-state index < -0.39 is 0 Å². The van der Waals surface area contributed by atoms with Gasteiger partial charge in [-0.2, -0.15) is 0 Å². The lowest BCUT2D eigenvalue weighted by Crippen LogP contribution is -2.15. The van der Waals surface area contributed by atoms with E-state index in [9.17, 15) is 9.59 Å². The van der Waals surface area contributed by atoms with E-state index in [2.05, 4.69) is 34.7 Å². The fraction of sp³-hybridized carbons (Fsp3) is 0.115. The molecule has 0 fully saturated rings. The van der Waals surface area contributed by atoms with Crippen LogP contribution < -0.4 is 10.6 Å². The number of amides is 2. The summed E-state index contributed by atoms with van der Waals surface area (Å²) in [6.07, 6.45) is 1.21. The first-order valence-electron chi connectivity index (χ1n) is 10.4. The maximum absolute atomic E-state index is 13.0. The quantitative estimate of drug-likeness (QED) is 0.380. The molecule has 5 nitrogen and oxygen atoms in total. The van der Waals surface area contributed by atoms with Gasteiger partial charge in [-0.05, 0) is 53.4 Å². The molecular formula is C26H23N3O2S. The Labute approximate surface area is 191 Å². The molecule has 4 rings (SSSR count). The Hall–Kier alpha value is -3.77. The average Bonchev–Trinajstić information content (AvgIpc) is 3.33. The molecule has 0 unspecified atom stereocenters. The predicted molar refractivity (Wildman–Crippen MR) is 130 cm³/mol. The van der Waals surface area contributed by atoms with E-state index in [0.29, 0.717) is 16.9 Å². The number of thiazole rings is 1. The van der Waals surface area contributed by atoms with E-state index in [1.54, 1.807) is 29.8 Å². The molecule has 32 heavy (non-hydrogen) atoms. The normalized spacial score (nSPS) is 10.5. The summed E-state index contributed by atoms with van der Waals surface area (Å²) in [7, 11) is 0. The van der Waals surface area contributed by atoms with Gasteiger partial charge in [0, 0.05) is 22.3 Å². The maximum Gasteiger partial charge on any atom is 0.256 e. The molecule has 0 saturated carbocycles. The summed E-state index contributed by atoms with van der Waals surface area (Å²) in [4.78, 5) is 29.2. The number of aromatic nitrogens is 1. The third-order valence-electron chi connectivity index (χ3n) is 5.10. The van der Waals surface area contributed by atoms with Gasteiger partial charge in [0.15, 0.2) is 0 Å². The van der Waals surface area contributed by atoms with Crippen LogP contribution in [0.2, 0.25) is 0 Å². The maximum atomic E-state index is 13.0. The van der Waals surface area contributed by atoms with Gasteiger partial charge in [-0.25, -0.2) is 4.98 Å². The number of nitrogens with one attached hydrogen (secondary N) is 2. The van der Waals surface area contributed by atoms with E-state index in [0.717, 1.165) is 23.2 Å². The highest BCUT2D eigenvalue weighted by atomic mass is 32.1. The first-order chi connectivity index (χ1) is 15.6. The molecule has 1 aromatic heterocycles. The highest BCUT2D eigenvalue weighted by molar-refractivity contribution is 7.07. The summed E-state index contributed by atoms with van der Waals surface area (Å²) in [6.45, 7) is 2.12. The number of carbonyl (C=O) groups excluding carboxylic acids is 2. The first-order valence-corrected chi connectivity index (χ1v) is 11.3. The Morgan fingerprint density at radius 3 is 2.22 bits per heavy atom. The zero-order chi connectivity index (χ0) is 22.3. The third-order valence-corrected chi connectivity index (χ3v) is 5.73. The summed E-state index contributed by atoms with van der Waals surface area (Å²) in [5, 5.41) is 7.65. The molecule has 4 aromatic rings. The molecule has 0 saturated heterocycles. The zero-order valence-electron chi connectivity index (χ0n) is 17.7. The van der Waals surface area contributed by atoms with Crippen molar-refractivity contribution >= 4 is 34.5 Å². The molecule has 3 aromatic carbocycles. The highest BCUT2D eigenvalue weighted by Crippen LogP contribution is 2.25. The lowest BCUT2D eigenvalue weighted by molar-refractivity contribution is -0.115. The highest BCUT2D eigenvalue weighted by Gasteiger charge is 2.13. The molecule has 1 heterocycles. The van der Waals surface area contributed by atoms with Crippen LogP contribution in [0.4, 0.5) is 11.4 Å². The summed E-state index contributed by atoms with van der Waals surface area (Å²) in [5.41, 5.74) is 7.54. The van der Waals surface area contributed by atoms with Crippen molar-refractivity contribution in [1.29, 1.82) is 0 Å². The molecule has 6 heteroatoms. The minimum Gasteiger partial charge on any atom is -0.326 e. The van der Waals surface area contributed by atoms with Gasteiger partial charge in [-0.1, -0.05) is 49.4 Å². The average molecular weight is 442 g/mol. The second-order valence-corrected chi connectivity index (χ2v) is 8.05. The largest absolute Gasteiger partial charge is 0.326 e. The SMILES string of the molecule is CCc1ccc(-c2ccccc2C(=O)Nc2ccc(NC(=O)Cc3cscn3)cc2)cc1. The minimum absolute atomic E-state index is 0.129. The van der Waals surface area contributed by atoms with Crippen molar-refractivity contribution in [3.05, 3.63) is 101 Å². The Kier molecular flexibility index (Phi) is 6.72. The number of nitrogens with zero attached hydrogens (tertiary/aromatic N) is 1. The van der Waals surface area contributed by atoms with Gasteiger partial charge in [-0.3, -0.25) is 9.59 Å². The topological polar surface area (TPSA) is 71.1 Å². The summed E-state index contributed by atoms with van der Waals surface area (Å²) in [6, 6.07) is 22.9. The zero-order valence-corrected chi connectivity index (χ0v) is 18.5. The summed E-state index contributed by atoms with van der Waals surface area (Å²) in [5.74, 6) is -0.309. The standard InChI is InChI=1S/C26H23N3O2S/c1-2-18-7-9-19(10-8-18)23-5-3-4-6-24(23)26(31)29-21-13-11-20(12-14-21)28-25(30)15-22-16-32-17-27-22/h3-14,16-17H,2,15H2,1H3,(H,28,30)(H,29,31). The molecule has 0 aliphatic heterocycles. The number of aryl methyl sites for hydroxylation is 1. The van der Waals surface area contributed by atoms with Crippen LogP contribution in [0.5, 0.6) is 0 Å². The van der Waals surface area contributed by atoms with Crippen molar-refractivity contribution in [1.82, 2.24) is 4.98 Å². The van der Waals surface area contributed by atoms with E-state index in [1.807, 2.05) is 41.8 Å². The molecule has 0 bridgehead atoms. The second kappa shape index (κ2) is 10.0. The number of hydrogen-bond acceptors (Lipinski definition) is 4. The van der Waals surface area contributed by atoms with Gasteiger partial charge in [0.05, 0.1) is 17.6 Å². The molecule has 2 amide bonds. The summed E-state index contributed by atoms with van der Waals surface area (Å²) >= 11 is 1.46. The number of hydrogen-bond donors (Lipinski definition) is 2. The molecule has 0 spiro atoms. The lowest BCUT2D eigenvalue weighted by atomic mass is 9.98. The Morgan fingerprint density at radius 1 is 0.875 bits per heavy atom. The molecule has 160 valence electrons. The molecule has 0 aliphatic rings. The molecular weight excluding hydrogens is 418 g/mol. The lowest BCUT2D eigenvalue weighted by Gasteiger charge is -2.12. The minimum atomic E-state index is -0.180. The Balaban J connectivity index is 1.43.